The van der Waals surface area contributed by atoms with Crippen LogP contribution in [0.25, 0.3) is 0 Å². The number of ether oxygens (including phenoxy) is 2. The lowest BCUT2D eigenvalue weighted by molar-refractivity contribution is -0.192. The second-order valence-corrected chi connectivity index (χ2v) is 8.76. The molecule has 1 atom stereocenters. The number of morpholine rings is 1. The Morgan fingerprint density at radius 3 is 2.30 bits per heavy atom. The number of nitrogens with zero attached hydrogens (tertiary/aromatic N) is 1. The fraction of sp³-hybridized carbons (Fsp3) is 0.375. The van der Waals surface area contributed by atoms with Gasteiger partial charge in [0.2, 0.25) is 5.91 Å². The highest BCUT2D eigenvalue weighted by atomic mass is 35.5. The van der Waals surface area contributed by atoms with Gasteiger partial charge in [-0.3, -0.25) is 9.69 Å². The molecule has 202 valence electrons. The SMILES string of the molecule is COC(=O)c1ccc(CC(=O)NCC2CN(Cc3ccc(Cl)c(Cl)c3)CCO2)cc1.O=C(O)C(F)(F)F. The van der Waals surface area contributed by atoms with Crippen LogP contribution in [0.15, 0.2) is 42.5 Å². The van der Waals surface area contributed by atoms with Crippen molar-refractivity contribution in [2.75, 3.05) is 33.4 Å². The molecule has 2 aromatic carbocycles. The molecule has 1 aliphatic heterocycles. The number of carbonyl (C=O) groups is 3. The third-order valence-corrected chi connectivity index (χ3v) is 5.86. The summed E-state index contributed by atoms with van der Waals surface area (Å²) >= 11 is 12.1. The Bertz CT molecular complexity index is 1080. The third kappa shape index (κ3) is 10.6. The number of carboxylic acid groups (broad SMARTS) is 1. The zero-order valence-electron chi connectivity index (χ0n) is 19.7. The van der Waals surface area contributed by atoms with Gasteiger partial charge in [0.05, 0.1) is 41.9 Å². The van der Waals surface area contributed by atoms with Crippen LogP contribution < -0.4 is 5.32 Å². The lowest BCUT2D eigenvalue weighted by atomic mass is 10.1. The summed E-state index contributed by atoms with van der Waals surface area (Å²) in [5, 5.41) is 11.1. The van der Waals surface area contributed by atoms with Crippen molar-refractivity contribution in [1.82, 2.24) is 10.2 Å². The summed E-state index contributed by atoms with van der Waals surface area (Å²) in [4.78, 5) is 34.9. The number of hydrogen-bond acceptors (Lipinski definition) is 6. The number of hydrogen-bond donors (Lipinski definition) is 2. The van der Waals surface area contributed by atoms with Gasteiger partial charge in [-0.1, -0.05) is 41.4 Å². The van der Waals surface area contributed by atoms with Gasteiger partial charge in [0, 0.05) is 26.2 Å². The fourth-order valence-electron chi connectivity index (χ4n) is 3.30. The quantitative estimate of drug-likeness (QED) is 0.490. The number of nitrogens with one attached hydrogen (secondary N) is 1. The van der Waals surface area contributed by atoms with E-state index >= 15 is 0 Å². The van der Waals surface area contributed by atoms with E-state index in [9.17, 15) is 22.8 Å². The van der Waals surface area contributed by atoms with Crippen LogP contribution in [0.3, 0.4) is 0 Å². The van der Waals surface area contributed by atoms with Gasteiger partial charge in [-0.05, 0) is 35.4 Å². The smallest absolute Gasteiger partial charge is 0.475 e. The number of rotatable bonds is 7. The average molecular weight is 565 g/mol. The lowest BCUT2D eigenvalue weighted by Gasteiger charge is -2.33. The second-order valence-electron chi connectivity index (χ2n) is 7.95. The van der Waals surface area contributed by atoms with E-state index in [0.29, 0.717) is 35.3 Å². The number of benzene rings is 2. The van der Waals surface area contributed by atoms with Crippen LogP contribution in [0.2, 0.25) is 10.0 Å². The summed E-state index contributed by atoms with van der Waals surface area (Å²) in [6.45, 7) is 3.33. The first kappa shape index (κ1) is 30.4. The van der Waals surface area contributed by atoms with Crippen molar-refractivity contribution in [2.24, 2.45) is 0 Å². The van der Waals surface area contributed by atoms with Crippen molar-refractivity contribution >= 4 is 41.0 Å². The Morgan fingerprint density at radius 1 is 1.11 bits per heavy atom. The highest BCUT2D eigenvalue weighted by molar-refractivity contribution is 6.42. The van der Waals surface area contributed by atoms with Gasteiger partial charge in [0.15, 0.2) is 0 Å². The predicted octanol–water partition coefficient (Wildman–Crippen LogP) is 3.97. The molecule has 0 aromatic heterocycles. The summed E-state index contributed by atoms with van der Waals surface area (Å²) in [6.07, 6.45) is -4.92. The molecule has 1 saturated heterocycles. The monoisotopic (exact) mass is 564 g/mol. The second kappa shape index (κ2) is 14.2. The van der Waals surface area contributed by atoms with Crippen LogP contribution in [0.5, 0.6) is 0 Å². The lowest BCUT2D eigenvalue weighted by Crippen LogP contribution is -2.47. The molecule has 2 aromatic rings. The molecule has 0 saturated carbocycles. The number of halogens is 5. The first-order valence-electron chi connectivity index (χ1n) is 10.9. The Balaban J connectivity index is 0.000000604. The summed E-state index contributed by atoms with van der Waals surface area (Å²) in [5.74, 6) is -3.25. The van der Waals surface area contributed by atoms with Gasteiger partial charge in [-0.15, -0.1) is 0 Å². The number of alkyl halides is 3. The van der Waals surface area contributed by atoms with Crippen molar-refractivity contribution < 1.29 is 42.1 Å². The van der Waals surface area contributed by atoms with Crippen LogP contribution in [-0.4, -0.2) is 73.5 Å². The largest absolute Gasteiger partial charge is 0.490 e. The number of aliphatic carboxylic acids is 1. The third-order valence-electron chi connectivity index (χ3n) is 5.12. The molecule has 0 spiro atoms. The van der Waals surface area contributed by atoms with Gasteiger partial charge in [-0.2, -0.15) is 13.2 Å². The zero-order chi connectivity index (χ0) is 27.6. The van der Waals surface area contributed by atoms with Gasteiger partial charge in [-0.25, -0.2) is 9.59 Å². The Morgan fingerprint density at radius 2 is 1.73 bits per heavy atom. The Labute approximate surface area is 221 Å². The van der Waals surface area contributed by atoms with Crippen molar-refractivity contribution in [2.45, 2.75) is 25.2 Å². The average Bonchev–Trinajstić information content (AvgIpc) is 2.85. The highest BCUT2D eigenvalue weighted by Crippen LogP contribution is 2.23. The van der Waals surface area contributed by atoms with Crippen LogP contribution in [0.1, 0.15) is 21.5 Å². The highest BCUT2D eigenvalue weighted by Gasteiger charge is 2.38. The maximum absolute atomic E-state index is 12.3. The minimum Gasteiger partial charge on any atom is -0.475 e. The summed E-state index contributed by atoms with van der Waals surface area (Å²) in [7, 11) is 1.34. The first-order valence-corrected chi connectivity index (χ1v) is 11.7. The van der Waals surface area contributed by atoms with Gasteiger partial charge in [0.25, 0.3) is 0 Å². The topological polar surface area (TPSA) is 105 Å². The number of esters is 1. The van der Waals surface area contributed by atoms with E-state index < -0.39 is 18.1 Å². The van der Waals surface area contributed by atoms with E-state index in [-0.39, 0.29) is 18.4 Å². The normalized spacial score (nSPS) is 15.8. The van der Waals surface area contributed by atoms with Crippen molar-refractivity contribution in [3.8, 4) is 0 Å². The number of carboxylic acids is 1. The summed E-state index contributed by atoms with van der Waals surface area (Å²) in [5.41, 5.74) is 2.37. The van der Waals surface area contributed by atoms with Gasteiger partial charge < -0.3 is 19.9 Å². The molecular weight excluding hydrogens is 540 g/mol. The molecule has 0 bridgehead atoms. The Hall–Kier alpha value is -2.86. The van der Waals surface area contributed by atoms with Crippen LogP contribution >= 0.6 is 23.2 Å². The molecule has 1 amide bonds. The van der Waals surface area contributed by atoms with Crippen molar-refractivity contribution in [3.63, 3.8) is 0 Å². The van der Waals surface area contributed by atoms with E-state index in [2.05, 4.69) is 15.0 Å². The molecule has 13 heteroatoms. The van der Waals surface area contributed by atoms with E-state index in [4.69, 9.17) is 37.8 Å². The molecule has 2 N–H and O–H groups in total. The fourth-order valence-corrected chi connectivity index (χ4v) is 3.62. The number of methoxy groups -OCH3 is 1. The van der Waals surface area contributed by atoms with E-state index in [0.717, 1.165) is 24.2 Å². The standard InChI is InChI=1S/C22H24Cl2N2O4.C2HF3O2/c1-29-22(28)17-5-2-15(3-6-17)11-21(27)25-12-18-14-26(8-9-30-18)13-16-4-7-19(23)20(24)10-16;3-2(4,5)1(6)7/h2-7,10,18H,8-9,11-14H2,1H3,(H,25,27);(H,6,7). The molecule has 1 fully saturated rings. The molecule has 3 rings (SSSR count). The van der Waals surface area contributed by atoms with Gasteiger partial charge >= 0.3 is 18.1 Å². The molecule has 0 aliphatic carbocycles. The predicted molar refractivity (Wildman–Crippen MR) is 130 cm³/mol. The maximum atomic E-state index is 12.3. The zero-order valence-corrected chi connectivity index (χ0v) is 21.2. The van der Waals surface area contributed by atoms with E-state index in [1.807, 2.05) is 12.1 Å². The maximum Gasteiger partial charge on any atom is 0.490 e. The van der Waals surface area contributed by atoms with Crippen LogP contribution in [0.4, 0.5) is 13.2 Å². The molecule has 0 radical (unpaired) electrons. The minimum absolute atomic E-state index is 0.0767. The number of carbonyl (C=O) groups excluding carboxylic acids is 2. The van der Waals surface area contributed by atoms with Gasteiger partial charge in [0.1, 0.15) is 0 Å². The van der Waals surface area contributed by atoms with Crippen molar-refractivity contribution in [3.05, 3.63) is 69.2 Å². The van der Waals surface area contributed by atoms with Crippen LogP contribution in [-0.2, 0) is 32.0 Å². The first-order chi connectivity index (χ1) is 17.4. The number of amides is 1. The van der Waals surface area contributed by atoms with E-state index in [1.54, 1.807) is 30.3 Å². The molecule has 8 nitrogen and oxygen atoms in total. The molecule has 1 heterocycles. The molecule has 1 unspecified atom stereocenters. The van der Waals surface area contributed by atoms with E-state index in [1.165, 1.54) is 7.11 Å². The molecule has 1 aliphatic rings. The summed E-state index contributed by atoms with van der Waals surface area (Å²) < 4.78 is 42.2. The minimum atomic E-state index is -5.08. The van der Waals surface area contributed by atoms with Crippen molar-refractivity contribution in [1.29, 1.82) is 0 Å². The van der Waals surface area contributed by atoms with Crippen LogP contribution in [0, 0.1) is 0 Å². The Kier molecular flexibility index (Phi) is 11.6. The molecule has 37 heavy (non-hydrogen) atoms. The molecular formula is C24H25Cl2F3N2O6. The summed E-state index contributed by atoms with van der Waals surface area (Å²) in [6, 6.07) is 12.5.